The molecule has 0 radical (unpaired) electrons. The quantitative estimate of drug-likeness (QED) is 0.921. The van der Waals surface area contributed by atoms with Gasteiger partial charge in [-0.15, -0.1) is 0 Å². The van der Waals surface area contributed by atoms with Crippen molar-refractivity contribution in [3.63, 3.8) is 0 Å². The van der Waals surface area contributed by atoms with Crippen molar-refractivity contribution < 1.29 is 23.1 Å². The zero-order chi connectivity index (χ0) is 15.4. The second-order valence-corrected chi connectivity index (χ2v) is 4.32. The number of alkyl halides is 2. The van der Waals surface area contributed by atoms with E-state index >= 15 is 0 Å². The number of carbonyl (C=O) groups is 2. The molecule has 1 aromatic carbocycles. The predicted molar refractivity (Wildman–Crippen MR) is 71.1 cm³/mol. The van der Waals surface area contributed by atoms with E-state index in [1.54, 1.807) is 0 Å². The van der Waals surface area contributed by atoms with Gasteiger partial charge in [0, 0.05) is 25.6 Å². The maximum Gasteiger partial charge on any atom is 0.387 e. The summed E-state index contributed by atoms with van der Waals surface area (Å²) in [5.74, 6) is -0.583. The number of benzene rings is 1. The fraction of sp³-hybridized carbons (Fsp3) is 0.308. The summed E-state index contributed by atoms with van der Waals surface area (Å²) in [5, 5.41) is 7.58. The van der Waals surface area contributed by atoms with Gasteiger partial charge in [-0.2, -0.15) is 13.9 Å². The van der Waals surface area contributed by atoms with E-state index in [1.807, 2.05) is 0 Å². The first-order valence-electron chi connectivity index (χ1n) is 6.16. The molecular weight excluding hydrogens is 284 g/mol. The molecule has 8 heteroatoms. The topological polar surface area (TPSA) is 71.0 Å². The number of amides is 2. The van der Waals surface area contributed by atoms with Crippen LogP contribution >= 0.6 is 0 Å². The molecule has 0 unspecified atom stereocenters. The van der Waals surface area contributed by atoms with E-state index in [9.17, 15) is 18.4 Å². The van der Waals surface area contributed by atoms with E-state index in [0.717, 1.165) is 5.01 Å². The zero-order valence-electron chi connectivity index (χ0n) is 11.2. The van der Waals surface area contributed by atoms with Crippen molar-refractivity contribution in [2.75, 3.05) is 12.4 Å². The Kier molecular flexibility index (Phi) is 4.46. The van der Waals surface area contributed by atoms with E-state index in [2.05, 4.69) is 15.2 Å². The number of anilines is 1. The summed E-state index contributed by atoms with van der Waals surface area (Å²) >= 11 is 0. The Bertz CT molecular complexity index is 573. The van der Waals surface area contributed by atoms with Crippen LogP contribution in [0.1, 0.15) is 12.8 Å². The summed E-state index contributed by atoms with van der Waals surface area (Å²) in [7, 11) is 1.48. The largest absolute Gasteiger partial charge is 0.435 e. The molecule has 0 saturated carbocycles. The Labute approximate surface area is 119 Å². The monoisotopic (exact) mass is 297 g/mol. The molecule has 1 aromatic rings. The number of carbonyl (C=O) groups excluding carboxylic acids is 2. The molecule has 2 amide bonds. The molecule has 0 atom stereocenters. The predicted octanol–water partition coefficient (Wildman–Crippen LogP) is 1.83. The molecule has 6 nitrogen and oxygen atoms in total. The molecule has 0 aliphatic carbocycles. The number of halogens is 2. The number of rotatable bonds is 4. The highest BCUT2D eigenvalue weighted by atomic mass is 19.3. The van der Waals surface area contributed by atoms with Crippen molar-refractivity contribution in [1.29, 1.82) is 0 Å². The molecule has 1 heterocycles. The van der Waals surface area contributed by atoms with E-state index in [0.29, 0.717) is 5.69 Å². The minimum Gasteiger partial charge on any atom is -0.435 e. The molecule has 0 bridgehead atoms. The standard InChI is InChI=1S/C13H13F2N3O3/c1-18-11(19)7-6-10(17-18)12(20)16-8-2-4-9(5-3-8)21-13(14)15/h2-5,13H,6-7H2,1H3,(H,16,20). The van der Waals surface area contributed by atoms with Crippen LogP contribution in [0, 0.1) is 0 Å². The van der Waals surface area contributed by atoms with Gasteiger partial charge in [0.2, 0.25) is 5.91 Å². The molecule has 1 N–H and O–H groups in total. The summed E-state index contributed by atoms with van der Waals surface area (Å²) in [6.07, 6.45) is 0.492. The van der Waals surface area contributed by atoms with Gasteiger partial charge in [0.25, 0.3) is 5.91 Å². The smallest absolute Gasteiger partial charge is 0.387 e. The SMILES string of the molecule is CN1N=C(C(=O)Nc2ccc(OC(F)F)cc2)CCC1=O. The first kappa shape index (κ1) is 14.9. The lowest BCUT2D eigenvalue weighted by atomic mass is 10.1. The van der Waals surface area contributed by atoms with Crippen LogP contribution in [0.2, 0.25) is 0 Å². The second-order valence-electron chi connectivity index (χ2n) is 4.32. The average molecular weight is 297 g/mol. The molecule has 0 aromatic heterocycles. The molecule has 0 fully saturated rings. The zero-order valence-corrected chi connectivity index (χ0v) is 11.2. The van der Waals surface area contributed by atoms with Crippen LogP contribution in [0.4, 0.5) is 14.5 Å². The lowest BCUT2D eigenvalue weighted by Crippen LogP contribution is -2.34. The van der Waals surface area contributed by atoms with Gasteiger partial charge < -0.3 is 10.1 Å². The third-order valence-electron chi connectivity index (χ3n) is 2.81. The van der Waals surface area contributed by atoms with E-state index < -0.39 is 12.5 Å². The Morgan fingerprint density at radius 2 is 2.00 bits per heavy atom. The molecule has 0 saturated heterocycles. The third-order valence-corrected chi connectivity index (χ3v) is 2.81. The molecule has 112 valence electrons. The van der Waals surface area contributed by atoms with Gasteiger partial charge >= 0.3 is 6.61 Å². The number of nitrogens with one attached hydrogen (secondary N) is 1. The van der Waals surface area contributed by atoms with E-state index in [4.69, 9.17) is 0 Å². The van der Waals surface area contributed by atoms with Gasteiger partial charge in [0.05, 0.1) is 0 Å². The van der Waals surface area contributed by atoms with Crippen LogP contribution in [0.15, 0.2) is 29.4 Å². The van der Waals surface area contributed by atoms with Gasteiger partial charge in [-0.1, -0.05) is 0 Å². The van der Waals surface area contributed by atoms with Crippen LogP contribution in [-0.4, -0.2) is 36.2 Å². The first-order chi connectivity index (χ1) is 9.95. The Morgan fingerprint density at radius 1 is 1.33 bits per heavy atom. The van der Waals surface area contributed by atoms with Crippen molar-refractivity contribution in [3.8, 4) is 5.75 Å². The molecule has 21 heavy (non-hydrogen) atoms. The average Bonchev–Trinajstić information content (AvgIpc) is 2.43. The number of ether oxygens (including phenoxy) is 1. The maximum absolute atomic E-state index is 12.0. The highest BCUT2D eigenvalue weighted by Gasteiger charge is 2.21. The first-order valence-corrected chi connectivity index (χ1v) is 6.16. The maximum atomic E-state index is 12.0. The van der Waals surface area contributed by atoms with Crippen molar-refractivity contribution >= 4 is 23.2 Å². The molecular formula is C13H13F2N3O3. The van der Waals surface area contributed by atoms with Crippen molar-refractivity contribution in [2.24, 2.45) is 5.10 Å². The second kappa shape index (κ2) is 6.29. The fourth-order valence-electron chi connectivity index (χ4n) is 1.76. The molecule has 1 aliphatic rings. The number of hydrazone groups is 1. The summed E-state index contributed by atoms with van der Waals surface area (Å²) in [6.45, 7) is -2.89. The Hall–Kier alpha value is -2.51. The van der Waals surface area contributed by atoms with Crippen molar-refractivity contribution in [2.45, 2.75) is 19.5 Å². The van der Waals surface area contributed by atoms with Crippen molar-refractivity contribution in [1.82, 2.24) is 5.01 Å². The number of nitrogens with zero attached hydrogens (tertiary/aromatic N) is 2. The van der Waals surface area contributed by atoms with E-state index in [-0.39, 0.29) is 30.2 Å². The summed E-state index contributed by atoms with van der Waals surface area (Å²) in [6, 6.07) is 5.52. The van der Waals surface area contributed by atoms with Gasteiger partial charge in [-0.3, -0.25) is 9.59 Å². The van der Waals surface area contributed by atoms with Gasteiger partial charge in [0.15, 0.2) is 0 Å². The highest BCUT2D eigenvalue weighted by Crippen LogP contribution is 2.18. The number of hydrogen-bond donors (Lipinski definition) is 1. The fourth-order valence-corrected chi connectivity index (χ4v) is 1.76. The van der Waals surface area contributed by atoms with Gasteiger partial charge in [-0.25, -0.2) is 5.01 Å². The summed E-state index contributed by atoms with van der Waals surface area (Å²) < 4.78 is 28.2. The number of hydrogen-bond acceptors (Lipinski definition) is 4. The summed E-state index contributed by atoms with van der Waals surface area (Å²) in [4.78, 5) is 23.2. The van der Waals surface area contributed by atoms with Crippen LogP contribution in [0.5, 0.6) is 5.75 Å². The summed E-state index contributed by atoms with van der Waals surface area (Å²) in [5.41, 5.74) is 0.661. The lowest BCUT2D eigenvalue weighted by molar-refractivity contribution is -0.130. The Morgan fingerprint density at radius 3 is 2.57 bits per heavy atom. The van der Waals surface area contributed by atoms with E-state index in [1.165, 1.54) is 31.3 Å². The minimum absolute atomic E-state index is 0.00309. The molecule has 0 spiro atoms. The molecule has 2 rings (SSSR count). The Balaban J connectivity index is 2.00. The van der Waals surface area contributed by atoms with Gasteiger partial charge in [-0.05, 0) is 24.3 Å². The van der Waals surface area contributed by atoms with Crippen LogP contribution < -0.4 is 10.1 Å². The lowest BCUT2D eigenvalue weighted by Gasteiger charge is -2.18. The molecule has 1 aliphatic heterocycles. The van der Waals surface area contributed by atoms with Crippen molar-refractivity contribution in [3.05, 3.63) is 24.3 Å². The highest BCUT2D eigenvalue weighted by molar-refractivity contribution is 6.43. The van der Waals surface area contributed by atoms with Gasteiger partial charge in [0.1, 0.15) is 11.5 Å². The van der Waals surface area contributed by atoms with Crippen LogP contribution in [0.3, 0.4) is 0 Å². The minimum atomic E-state index is -2.89. The van der Waals surface area contributed by atoms with Crippen LogP contribution in [-0.2, 0) is 9.59 Å². The normalized spacial score (nSPS) is 15.0. The third kappa shape index (κ3) is 3.98. The van der Waals surface area contributed by atoms with Crippen LogP contribution in [0.25, 0.3) is 0 Å².